The Morgan fingerprint density at radius 1 is 1.16 bits per heavy atom. The smallest absolute Gasteiger partial charge is 0.293 e. The first-order valence-electron chi connectivity index (χ1n) is 7.37. The maximum absolute atomic E-state index is 12.7. The van der Waals surface area contributed by atoms with Gasteiger partial charge in [-0.2, -0.15) is 17.9 Å². The van der Waals surface area contributed by atoms with Crippen LogP contribution in [0, 0.1) is 6.92 Å². The molecule has 0 bridgehead atoms. The summed E-state index contributed by atoms with van der Waals surface area (Å²) in [5, 5.41) is 14.5. The number of tetrazole rings is 1. The second-order valence-corrected chi connectivity index (χ2v) is 6.64. The van der Waals surface area contributed by atoms with Crippen LogP contribution in [0.2, 0.25) is 0 Å². The average Bonchev–Trinajstić information content (AvgIpc) is 3.15. The minimum Gasteiger partial charge on any atom is -0.293 e. The Morgan fingerprint density at radius 2 is 1.88 bits per heavy atom. The molecule has 25 heavy (non-hydrogen) atoms. The van der Waals surface area contributed by atoms with Gasteiger partial charge in [-0.3, -0.25) is 4.90 Å². The van der Waals surface area contributed by atoms with Gasteiger partial charge in [0.05, 0.1) is 28.5 Å². The van der Waals surface area contributed by atoms with E-state index in [-0.39, 0.29) is 0 Å². The predicted octanol–water partition coefficient (Wildman–Crippen LogP) is 3.08. The molecule has 1 aromatic carbocycles. The molecule has 0 aliphatic carbocycles. The molecule has 0 fully saturated rings. The first-order valence-corrected chi connectivity index (χ1v) is 8.25. The molecular weight excluding hydrogens is 353 g/mol. The summed E-state index contributed by atoms with van der Waals surface area (Å²) in [4.78, 5) is 6.39. The number of halogens is 3. The van der Waals surface area contributed by atoms with E-state index in [0.717, 1.165) is 22.8 Å². The Hall–Kier alpha value is -2.33. The van der Waals surface area contributed by atoms with Gasteiger partial charge in [0.1, 0.15) is 0 Å². The first kappa shape index (κ1) is 17.5. The maximum Gasteiger partial charge on any atom is 0.416 e. The van der Waals surface area contributed by atoms with Crippen LogP contribution in [0.1, 0.15) is 22.1 Å². The quantitative estimate of drug-likeness (QED) is 0.693. The molecule has 0 N–H and O–H groups in total. The summed E-state index contributed by atoms with van der Waals surface area (Å²) in [7, 11) is 1.90. The van der Waals surface area contributed by atoms with Crippen molar-refractivity contribution < 1.29 is 13.2 Å². The molecule has 2 heterocycles. The molecule has 10 heteroatoms. The molecule has 0 aliphatic rings. The molecular formula is C15H15F3N6S. The lowest BCUT2D eigenvalue weighted by Crippen LogP contribution is -2.20. The van der Waals surface area contributed by atoms with Crippen LogP contribution < -0.4 is 0 Å². The third kappa shape index (κ3) is 4.20. The number of hydrogen-bond donors (Lipinski definition) is 0. The Kier molecular flexibility index (Phi) is 4.82. The fourth-order valence-electron chi connectivity index (χ4n) is 2.35. The van der Waals surface area contributed by atoms with Crippen LogP contribution in [0.25, 0.3) is 5.69 Å². The van der Waals surface area contributed by atoms with Crippen molar-refractivity contribution in [1.29, 1.82) is 0 Å². The van der Waals surface area contributed by atoms with E-state index in [9.17, 15) is 13.2 Å². The molecule has 2 aromatic heterocycles. The van der Waals surface area contributed by atoms with E-state index < -0.39 is 11.7 Å². The third-order valence-electron chi connectivity index (χ3n) is 3.48. The van der Waals surface area contributed by atoms with E-state index in [2.05, 4.69) is 20.5 Å². The summed E-state index contributed by atoms with van der Waals surface area (Å²) in [6, 6.07) is 4.74. The molecule has 0 saturated carbocycles. The van der Waals surface area contributed by atoms with E-state index in [1.165, 1.54) is 16.8 Å². The molecule has 3 aromatic rings. The molecule has 0 amide bonds. The lowest BCUT2D eigenvalue weighted by atomic mass is 10.2. The summed E-state index contributed by atoms with van der Waals surface area (Å²) in [5.74, 6) is 0.536. The predicted molar refractivity (Wildman–Crippen MR) is 86.2 cm³/mol. The Labute approximate surface area is 145 Å². The van der Waals surface area contributed by atoms with Crippen LogP contribution in [0.3, 0.4) is 0 Å². The van der Waals surface area contributed by atoms with Gasteiger partial charge >= 0.3 is 6.18 Å². The monoisotopic (exact) mass is 368 g/mol. The Balaban J connectivity index is 1.74. The van der Waals surface area contributed by atoms with Gasteiger partial charge in [-0.25, -0.2) is 4.98 Å². The van der Waals surface area contributed by atoms with Crippen molar-refractivity contribution in [3.63, 3.8) is 0 Å². The van der Waals surface area contributed by atoms with E-state index >= 15 is 0 Å². The van der Waals surface area contributed by atoms with Gasteiger partial charge in [-0.05, 0) is 48.7 Å². The molecule has 3 rings (SSSR count). The van der Waals surface area contributed by atoms with E-state index in [1.807, 2.05) is 24.3 Å². The third-order valence-corrected chi connectivity index (χ3v) is 4.31. The van der Waals surface area contributed by atoms with Gasteiger partial charge < -0.3 is 0 Å². The topological polar surface area (TPSA) is 59.7 Å². The average molecular weight is 368 g/mol. The Morgan fingerprint density at radius 3 is 2.48 bits per heavy atom. The normalized spacial score (nSPS) is 12.1. The minimum absolute atomic E-state index is 0.435. The van der Waals surface area contributed by atoms with Crippen molar-refractivity contribution in [3.8, 4) is 5.69 Å². The second-order valence-electron chi connectivity index (χ2n) is 5.58. The highest BCUT2D eigenvalue weighted by molar-refractivity contribution is 7.09. The number of rotatable bonds is 5. The number of alkyl halides is 3. The molecule has 0 saturated heterocycles. The SMILES string of the molecule is Cc1nc(CN(C)Cc2nnnn2-c2ccc(C(F)(F)F)cc2)cs1. The number of hydrogen-bond acceptors (Lipinski definition) is 6. The van der Waals surface area contributed by atoms with Crippen LogP contribution in [0.15, 0.2) is 29.6 Å². The van der Waals surface area contributed by atoms with E-state index in [0.29, 0.717) is 24.6 Å². The van der Waals surface area contributed by atoms with Gasteiger partial charge in [0, 0.05) is 11.9 Å². The second kappa shape index (κ2) is 6.89. The molecule has 0 spiro atoms. The number of aromatic nitrogens is 5. The molecule has 0 radical (unpaired) electrons. The zero-order valence-corrected chi connectivity index (χ0v) is 14.3. The fourth-order valence-corrected chi connectivity index (χ4v) is 2.96. The highest BCUT2D eigenvalue weighted by atomic mass is 32.1. The zero-order valence-electron chi connectivity index (χ0n) is 13.5. The molecule has 132 valence electrons. The highest BCUT2D eigenvalue weighted by Crippen LogP contribution is 2.29. The Bertz CT molecular complexity index is 840. The van der Waals surface area contributed by atoms with Crippen molar-refractivity contribution >= 4 is 11.3 Å². The van der Waals surface area contributed by atoms with Gasteiger partial charge in [0.25, 0.3) is 0 Å². The van der Waals surface area contributed by atoms with Gasteiger partial charge in [0.15, 0.2) is 5.82 Å². The van der Waals surface area contributed by atoms with Gasteiger partial charge in [-0.15, -0.1) is 16.4 Å². The van der Waals surface area contributed by atoms with Crippen molar-refractivity contribution in [2.24, 2.45) is 0 Å². The number of aryl methyl sites for hydroxylation is 1. The maximum atomic E-state index is 12.7. The summed E-state index contributed by atoms with van der Waals surface area (Å²) < 4.78 is 39.4. The lowest BCUT2D eigenvalue weighted by molar-refractivity contribution is -0.137. The van der Waals surface area contributed by atoms with Crippen molar-refractivity contribution in [2.45, 2.75) is 26.2 Å². The minimum atomic E-state index is -4.37. The zero-order chi connectivity index (χ0) is 18.0. The molecule has 0 unspecified atom stereocenters. The highest BCUT2D eigenvalue weighted by Gasteiger charge is 2.30. The molecule has 0 aliphatic heterocycles. The number of benzene rings is 1. The van der Waals surface area contributed by atoms with Crippen LogP contribution in [0.5, 0.6) is 0 Å². The van der Waals surface area contributed by atoms with E-state index in [1.54, 1.807) is 11.3 Å². The summed E-state index contributed by atoms with van der Waals surface area (Å²) >= 11 is 1.58. The van der Waals surface area contributed by atoms with Gasteiger partial charge in [0.2, 0.25) is 0 Å². The van der Waals surface area contributed by atoms with Crippen LogP contribution in [-0.2, 0) is 19.3 Å². The number of nitrogens with zero attached hydrogens (tertiary/aromatic N) is 6. The van der Waals surface area contributed by atoms with Gasteiger partial charge in [-0.1, -0.05) is 0 Å². The summed E-state index contributed by atoms with van der Waals surface area (Å²) in [5.41, 5.74) is 0.728. The molecule has 0 atom stereocenters. The fraction of sp³-hybridized carbons (Fsp3) is 0.333. The van der Waals surface area contributed by atoms with Crippen molar-refractivity contribution in [2.75, 3.05) is 7.05 Å². The van der Waals surface area contributed by atoms with Crippen molar-refractivity contribution in [1.82, 2.24) is 30.1 Å². The molecule has 6 nitrogen and oxygen atoms in total. The van der Waals surface area contributed by atoms with Crippen LogP contribution in [-0.4, -0.2) is 37.1 Å². The standard InChI is InChI=1S/C15H15F3N6S/c1-10-19-12(9-25-10)7-23(2)8-14-20-21-22-24(14)13-5-3-11(4-6-13)15(16,17)18/h3-6,9H,7-8H2,1-2H3. The lowest BCUT2D eigenvalue weighted by Gasteiger charge is -2.15. The largest absolute Gasteiger partial charge is 0.416 e. The van der Waals surface area contributed by atoms with Crippen LogP contribution in [0.4, 0.5) is 13.2 Å². The van der Waals surface area contributed by atoms with Crippen LogP contribution >= 0.6 is 11.3 Å². The van der Waals surface area contributed by atoms with E-state index in [4.69, 9.17) is 0 Å². The summed E-state index contributed by atoms with van der Waals surface area (Å²) in [6.45, 7) is 3.01. The number of thiazole rings is 1. The first-order chi connectivity index (χ1) is 11.8. The summed E-state index contributed by atoms with van der Waals surface area (Å²) in [6.07, 6.45) is -4.37. The van der Waals surface area contributed by atoms with Crippen molar-refractivity contribution in [3.05, 3.63) is 51.7 Å².